The number of hydrogen-bond acceptors (Lipinski definition) is 3. The molecule has 0 unspecified atom stereocenters. The minimum atomic E-state index is -0.283. The van der Waals surface area contributed by atoms with Crippen LogP contribution in [-0.2, 0) is 0 Å². The number of rotatable bonds is 5. The molecule has 112 valence electrons. The highest BCUT2D eigenvalue weighted by molar-refractivity contribution is 9.10. The number of carbonyl (C=O) groups excluding carboxylic acids is 1. The van der Waals surface area contributed by atoms with Gasteiger partial charge in [-0.2, -0.15) is 0 Å². The first kappa shape index (κ1) is 15.7. The Labute approximate surface area is 131 Å². The molecule has 6 heteroatoms. The van der Waals surface area contributed by atoms with Crippen LogP contribution in [0.4, 0.5) is 4.39 Å². The molecule has 0 fully saturated rings. The summed E-state index contributed by atoms with van der Waals surface area (Å²) in [6, 6.07) is 9.48. The lowest BCUT2D eigenvalue weighted by atomic mass is 10.1. The number of nitrogens with one attached hydrogen (secondary N) is 1. The summed E-state index contributed by atoms with van der Waals surface area (Å²) in [6.45, 7) is 0.399. The van der Waals surface area contributed by atoms with E-state index in [4.69, 9.17) is 4.42 Å². The van der Waals surface area contributed by atoms with Crippen molar-refractivity contribution in [3.05, 3.63) is 58.2 Å². The van der Waals surface area contributed by atoms with Crippen LogP contribution in [-0.4, -0.2) is 31.4 Å². The summed E-state index contributed by atoms with van der Waals surface area (Å²) in [4.78, 5) is 13.9. The van der Waals surface area contributed by atoms with Crippen molar-refractivity contribution in [2.24, 2.45) is 0 Å². The van der Waals surface area contributed by atoms with E-state index < -0.39 is 0 Å². The van der Waals surface area contributed by atoms with Crippen molar-refractivity contribution in [3.63, 3.8) is 0 Å². The van der Waals surface area contributed by atoms with Crippen LogP contribution < -0.4 is 5.32 Å². The Morgan fingerprint density at radius 3 is 2.48 bits per heavy atom. The second-order valence-electron chi connectivity index (χ2n) is 4.84. The first-order chi connectivity index (χ1) is 9.97. The Hall–Kier alpha value is -1.66. The zero-order valence-electron chi connectivity index (χ0n) is 11.8. The van der Waals surface area contributed by atoms with Crippen molar-refractivity contribution >= 4 is 21.8 Å². The van der Waals surface area contributed by atoms with Gasteiger partial charge < -0.3 is 14.6 Å². The van der Waals surface area contributed by atoms with E-state index in [0.717, 1.165) is 5.56 Å². The number of nitrogens with zero attached hydrogens (tertiary/aromatic N) is 1. The zero-order chi connectivity index (χ0) is 15.4. The largest absolute Gasteiger partial charge is 0.444 e. The minimum absolute atomic E-state index is 0.0482. The summed E-state index contributed by atoms with van der Waals surface area (Å²) in [7, 11) is 3.81. The van der Waals surface area contributed by atoms with E-state index in [0.29, 0.717) is 11.2 Å². The lowest BCUT2D eigenvalue weighted by molar-refractivity contribution is 0.0913. The molecule has 0 aliphatic rings. The normalized spacial score (nSPS) is 12.4. The fourth-order valence-electron chi connectivity index (χ4n) is 2.00. The molecule has 0 aliphatic carbocycles. The number of hydrogen-bond donors (Lipinski definition) is 1. The Kier molecular flexibility index (Phi) is 5.14. The summed E-state index contributed by atoms with van der Waals surface area (Å²) < 4.78 is 18.7. The third kappa shape index (κ3) is 4.15. The van der Waals surface area contributed by atoms with Crippen LogP contribution in [0.15, 0.2) is 45.5 Å². The molecular weight excluding hydrogens is 339 g/mol. The third-order valence-corrected chi connectivity index (χ3v) is 3.56. The van der Waals surface area contributed by atoms with Crippen molar-refractivity contribution in [2.75, 3.05) is 20.6 Å². The van der Waals surface area contributed by atoms with E-state index >= 15 is 0 Å². The maximum absolute atomic E-state index is 13.0. The van der Waals surface area contributed by atoms with Crippen LogP contribution in [0.3, 0.4) is 0 Å². The van der Waals surface area contributed by atoms with E-state index in [-0.39, 0.29) is 23.5 Å². The predicted octanol–water partition coefficient (Wildman–Crippen LogP) is 3.21. The fourth-order valence-corrected chi connectivity index (χ4v) is 2.30. The minimum Gasteiger partial charge on any atom is -0.444 e. The SMILES string of the molecule is CN(C)[C@@H](CNC(=O)c1ccc(Br)o1)c1ccc(F)cc1. The molecule has 1 amide bonds. The maximum Gasteiger partial charge on any atom is 0.287 e. The molecule has 0 saturated carbocycles. The van der Waals surface area contributed by atoms with Gasteiger partial charge in [-0.15, -0.1) is 0 Å². The van der Waals surface area contributed by atoms with Crippen molar-refractivity contribution in [1.82, 2.24) is 10.2 Å². The van der Waals surface area contributed by atoms with Gasteiger partial charge in [-0.05, 0) is 59.9 Å². The Morgan fingerprint density at radius 2 is 1.95 bits per heavy atom. The molecule has 1 atom stereocenters. The first-order valence-corrected chi connectivity index (χ1v) is 7.22. The summed E-state index contributed by atoms with van der Waals surface area (Å²) >= 11 is 3.16. The molecular formula is C15H16BrFN2O2. The highest BCUT2D eigenvalue weighted by Gasteiger charge is 2.17. The molecule has 0 spiro atoms. The monoisotopic (exact) mass is 354 g/mol. The topological polar surface area (TPSA) is 45.5 Å². The van der Waals surface area contributed by atoms with Gasteiger partial charge in [0, 0.05) is 6.54 Å². The molecule has 1 N–H and O–H groups in total. The molecule has 21 heavy (non-hydrogen) atoms. The second-order valence-corrected chi connectivity index (χ2v) is 5.63. The smallest absolute Gasteiger partial charge is 0.287 e. The Morgan fingerprint density at radius 1 is 1.29 bits per heavy atom. The number of likely N-dealkylation sites (N-methyl/N-ethyl adjacent to an activating group) is 1. The summed E-state index contributed by atoms with van der Waals surface area (Å²) in [5, 5.41) is 2.82. The van der Waals surface area contributed by atoms with E-state index in [9.17, 15) is 9.18 Å². The van der Waals surface area contributed by atoms with E-state index in [1.165, 1.54) is 12.1 Å². The van der Waals surface area contributed by atoms with Crippen molar-refractivity contribution < 1.29 is 13.6 Å². The Bertz CT molecular complexity index is 610. The van der Waals surface area contributed by atoms with Crippen molar-refractivity contribution in [2.45, 2.75) is 6.04 Å². The number of carbonyl (C=O) groups is 1. The van der Waals surface area contributed by atoms with Gasteiger partial charge in [0.1, 0.15) is 5.82 Å². The molecule has 0 bridgehead atoms. The highest BCUT2D eigenvalue weighted by atomic mass is 79.9. The van der Waals surface area contributed by atoms with Gasteiger partial charge in [-0.25, -0.2) is 4.39 Å². The molecule has 0 saturated heterocycles. The molecule has 1 aromatic heterocycles. The van der Waals surface area contributed by atoms with Crippen LogP contribution in [0.25, 0.3) is 0 Å². The van der Waals surface area contributed by atoms with Gasteiger partial charge in [0.05, 0.1) is 6.04 Å². The van der Waals surface area contributed by atoms with Crippen LogP contribution in [0.5, 0.6) is 0 Å². The highest BCUT2D eigenvalue weighted by Crippen LogP contribution is 2.18. The zero-order valence-corrected chi connectivity index (χ0v) is 13.4. The predicted molar refractivity (Wildman–Crippen MR) is 81.6 cm³/mol. The summed E-state index contributed by atoms with van der Waals surface area (Å²) in [5.74, 6) is -0.311. The van der Waals surface area contributed by atoms with Crippen LogP contribution in [0, 0.1) is 5.82 Å². The van der Waals surface area contributed by atoms with Crippen LogP contribution in [0.2, 0.25) is 0 Å². The molecule has 0 aliphatic heterocycles. The van der Waals surface area contributed by atoms with Crippen LogP contribution >= 0.6 is 15.9 Å². The van der Waals surface area contributed by atoms with Crippen LogP contribution in [0.1, 0.15) is 22.2 Å². The van der Waals surface area contributed by atoms with Gasteiger partial charge in [0.25, 0.3) is 5.91 Å². The fraction of sp³-hybridized carbons (Fsp3) is 0.267. The summed E-state index contributed by atoms with van der Waals surface area (Å²) in [6.07, 6.45) is 0. The lowest BCUT2D eigenvalue weighted by Gasteiger charge is -2.25. The average molecular weight is 355 g/mol. The third-order valence-electron chi connectivity index (χ3n) is 3.13. The molecule has 0 radical (unpaired) electrons. The molecule has 2 rings (SSSR count). The summed E-state index contributed by atoms with van der Waals surface area (Å²) in [5.41, 5.74) is 0.933. The van der Waals surface area contributed by atoms with E-state index in [2.05, 4.69) is 21.2 Å². The average Bonchev–Trinajstić information content (AvgIpc) is 2.87. The van der Waals surface area contributed by atoms with Gasteiger partial charge in [-0.3, -0.25) is 4.79 Å². The number of halogens is 2. The van der Waals surface area contributed by atoms with Gasteiger partial charge in [0.2, 0.25) is 0 Å². The Balaban J connectivity index is 2.03. The van der Waals surface area contributed by atoms with Gasteiger partial charge >= 0.3 is 0 Å². The maximum atomic E-state index is 13.0. The molecule has 2 aromatic rings. The van der Waals surface area contributed by atoms with Crippen molar-refractivity contribution in [1.29, 1.82) is 0 Å². The van der Waals surface area contributed by atoms with Crippen molar-refractivity contribution in [3.8, 4) is 0 Å². The molecule has 1 aromatic carbocycles. The number of benzene rings is 1. The number of furan rings is 1. The van der Waals surface area contributed by atoms with Gasteiger partial charge in [0.15, 0.2) is 10.4 Å². The lowest BCUT2D eigenvalue weighted by Crippen LogP contribution is -2.34. The standard InChI is InChI=1S/C15H16BrFN2O2/c1-19(2)12(10-3-5-11(17)6-4-10)9-18-15(20)13-7-8-14(16)21-13/h3-8,12H,9H2,1-2H3,(H,18,20)/t12-/m0/s1. The first-order valence-electron chi connectivity index (χ1n) is 6.43. The second kappa shape index (κ2) is 6.87. The van der Waals surface area contributed by atoms with E-state index in [1.54, 1.807) is 24.3 Å². The molecule has 4 nitrogen and oxygen atoms in total. The molecule has 1 heterocycles. The van der Waals surface area contributed by atoms with Gasteiger partial charge in [-0.1, -0.05) is 12.1 Å². The number of amides is 1. The quantitative estimate of drug-likeness (QED) is 0.896. The van der Waals surface area contributed by atoms with E-state index in [1.807, 2.05) is 19.0 Å².